The molecule has 1 aromatic heterocycles. The molecule has 2 nitrogen and oxygen atoms in total. The molecule has 0 amide bonds. The highest BCUT2D eigenvalue weighted by Gasteiger charge is 2.39. The van der Waals surface area contributed by atoms with Crippen LogP contribution in [-0.4, -0.2) is 29.5 Å². The van der Waals surface area contributed by atoms with Gasteiger partial charge < -0.3 is 4.90 Å². The first kappa shape index (κ1) is 9.60. The van der Waals surface area contributed by atoms with Crippen molar-refractivity contribution in [3.05, 3.63) is 42.2 Å². The predicted molar refractivity (Wildman–Crippen MR) is 69.0 cm³/mol. The Hall–Kier alpha value is -1.41. The third kappa shape index (κ3) is 1.48. The quantitative estimate of drug-likeness (QED) is 0.740. The number of aromatic nitrogens is 1. The minimum absolute atomic E-state index is 0.674. The molecule has 2 aliphatic heterocycles. The molecule has 3 unspecified atom stereocenters. The van der Waals surface area contributed by atoms with E-state index >= 15 is 0 Å². The largest absolute Gasteiger partial charge is 0.302 e. The van der Waals surface area contributed by atoms with Crippen LogP contribution in [0.4, 0.5) is 0 Å². The summed E-state index contributed by atoms with van der Waals surface area (Å²) < 4.78 is 0. The monoisotopic (exact) mass is 224 g/mol. The van der Waals surface area contributed by atoms with Crippen LogP contribution in [0, 0.1) is 5.92 Å². The molecule has 3 heterocycles. The highest BCUT2D eigenvalue weighted by atomic mass is 15.2. The lowest BCUT2D eigenvalue weighted by atomic mass is 9.89. The van der Waals surface area contributed by atoms with Crippen molar-refractivity contribution < 1.29 is 0 Å². The zero-order valence-corrected chi connectivity index (χ0v) is 9.84. The van der Waals surface area contributed by atoms with Crippen LogP contribution in [0.2, 0.25) is 0 Å². The Kier molecular flexibility index (Phi) is 2.00. The third-order valence-electron chi connectivity index (χ3n) is 4.36. The Labute approximate surface area is 101 Å². The van der Waals surface area contributed by atoms with Crippen molar-refractivity contribution in [3.8, 4) is 0 Å². The van der Waals surface area contributed by atoms with Gasteiger partial charge in [-0.2, -0.15) is 0 Å². The molecule has 2 heteroatoms. The summed E-state index contributed by atoms with van der Waals surface area (Å²) in [5.74, 6) is 1.53. The molecule has 17 heavy (non-hydrogen) atoms. The van der Waals surface area contributed by atoms with E-state index in [1.807, 2.05) is 6.20 Å². The van der Waals surface area contributed by atoms with E-state index < -0.39 is 0 Å². The van der Waals surface area contributed by atoms with Gasteiger partial charge in [0.15, 0.2) is 0 Å². The molecule has 2 saturated heterocycles. The molecule has 86 valence electrons. The number of nitrogens with zero attached hydrogens (tertiary/aromatic N) is 2. The normalized spacial score (nSPS) is 31.2. The van der Waals surface area contributed by atoms with E-state index in [2.05, 4.69) is 40.2 Å². The zero-order chi connectivity index (χ0) is 11.2. The second-order valence-electron chi connectivity index (χ2n) is 5.37. The topological polar surface area (TPSA) is 16.1 Å². The summed E-state index contributed by atoms with van der Waals surface area (Å²) in [5.41, 5.74) is 1.30. The van der Waals surface area contributed by atoms with Gasteiger partial charge in [-0.05, 0) is 30.3 Å². The van der Waals surface area contributed by atoms with Gasteiger partial charge in [0, 0.05) is 36.3 Å². The van der Waals surface area contributed by atoms with Crippen LogP contribution in [0.1, 0.15) is 18.0 Å². The zero-order valence-electron chi connectivity index (χ0n) is 9.84. The Bertz CT molecular complexity index is 564. The summed E-state index contributed by atoms with van der Waals surface area (Å²) in [5, 5.41) is 2.58. The third-order valence-corrected chi connectivity index (χ3v) is 4.36. The first-order valence-electron chi connectivity index (χ1n) is 6.47. The van der Waals surface area contributed by atoms with Crippen molar-refractivity contribution in [3.63, 3.8) is 0 Å². The van der Waals surface area contributed by atoms with Gasteiger partial charge in [-0.25, -0.2) is 0 Å². The van der Waals surface area contributed by atoms with Gasteiger partial charge in [0.05, 0.1) is 0 Å². The molecule has 2 aliphatic rings. The van der Waals surface area contributed by atoms with E-state index in [1.165, 1.54) is 42.5 Å². The highest BCUT2D eigenvalue weighted by molar-refractivity contribution is 5.81. The van der Waals surface area contributed by atoms with Crippen LogP contribution in [0.3, 0.4) is 0 Å². The van der Waals surface area contributed by atoms with Crippen LogP contribution >= 0.6 is 0 Å². The summed E-state index contributed by atoms with van der Waals surface area (Å²) in [6, 6.07) is 10.8. The van der Waals surface area contributed by atoms with Crippen molar-refractivity contribution in [1.82, 2.24) is 9.88 Å². The molecule has 1 aromatic carbocycles. The van der Waals surface area contributed by atoms with E-state index in [1.54, 1.807) is 0 Å². The summed E-state index contributed by atoms with van der Waals surface area (Å²) in [6.45, 7) is 3.81. The molecule has 0 radical (unpaired) electrons. The number of fused-ring (bicyclic) bond motifs is 3. The minimum Gasteiger partial charge on any atom is -0.302 e. The van der Waals surface area contributed by atoms with E-state index in [9.17, 15) is 0 Å². The maximum absolute atomic E-state index is 4.68. The number of hydrogen-bond donors (Lipinski definition) is 0. The molecule has 2 fully saturated rings. The predicted octanol–water partition coefficient (Wildman–Crippen LogP) is 2.65. The average molecular weight is 224 g/mol. The molecule has 0 aliphatic carbocycles. The Morgan fingerprint density at radius 1 is 1.12 bits per heavy atom. The molecule has 0 N–H and O–H groups in total. The van der Waals surface area contributed by atoms with Crippen LogP contribution in [0.15, 0.2) is 36.5 Å². The maximum atomic E-state index is 4.68. The second-order valence-corrected chi connectivity index (χ2v) is 5.37. The van der Waals surface area contributed by atoms with E-state index in [0.717, 1.165) is 5.92 Å². The average Bonchev–Trinajstić information content (AvgIpc) is 3.00. The summed E-state index contributed by atoms with van der Waals surface area (Å²) in [4.78, 5) is 7.26. The number of pyridine rings is 1. The molecule has 3 atom stereocenters. The molecule has 2 bridgehead atoms. The summed E-state index contributed by atoms with van der Waals surface area (Å²) in [6.07, 6.45) is 3.39. The minimum atomic E-state index is 0.674. The van der Waals surface area contributed by atoms with Crippen molar-refractivity contribution in [2.45, 2.75) is 12.3 Å². The number of benzene rings is 1. The highest BCUT2D eigenvalue weighted by Crippen LogP contribution is 2.39. The fraction of sp³-hybridized carbons (Fsp3) is 0.400. The molecule has 0 saturated carbocycles. The lowest BCUT2D eigenvalue weighted by Crippen LogP contribution is -2.22. The molecule has 4 rings (SSSR count). The summed E-state index contributed by atoms with van der Waals surface area (Å²) >= 11 is 0. The van der Waals surface area contributed by atoms with Crippen LogP contribution in [0.25, 0.3) is 10.8 Å². The molecular weight excluding hydrogens is 208 g/mol. The maximum Gasteiger partial charge on any atom is 0.0457 e. The van der Waals surface area contributed by atoms with Gasteiger partial charge in [-0.15, -0.1) is 0 Å². The first-order chi connectivity index (χ1) is 8.40. The summed E-state index contributed by atoms with van der Waals surface area (Å²) in [7, 11) is 0. The van der Waals surface area contributed by atoms with E-state index in [0.29, 0.717) is 5.92 Å². The fourth-order valence-corrected chi connectivity index (χ4v) is 3.42. The van der Waals surface area contributed by atoms with E-state index in [-0.39, 0.29) is 0 Å². The Morgan fingerprint density at radius 3 is 2.76 bits per heavy atom. The lowest BCUT2D eigenvalue weighted by Gasteiger charge is -2.21. The van der Waals surface area contributed by atoms with Gasteiger partial charge in [0.1, 0.15) is 0 Å². The van der Waals surface area contributed by atoms with Crippen molar-refractivity contribution in [2.24, 2.45) is 5.92 Å². The lowest BCUT2D eigenvalue weighted by molar-refractivity contribution is 0.344. The van der Waals surface area contributed by atoms with Crippen LogP contribution in [0.5, 0.6) is 0 Å². The van der Waals surface area contributed by atoms with Crippen molar-refractivity contribution in [2.75, 3.05) is 19.6 Å². The molecule has 0 spiro atoms. The van der Waals surface area contributed by atoms with E-state index in [4.69, 9.17) is 0 Å². The number of hydrogen-bond acceptors (Lipinski definition) is 2. The number of piperidine rings is 1. The second kappa shape index (κ2) is 3.54. The van der Waals surface area contributed by atoms with Crippen molar-refractivity contribution in [1.29, 1.82) is 0 Å². The fourth-order valence-electron chi connectivity index (χ4n) is 3.42. The Morgan fingerprint density at radius 2 is 2.00 bits per heavy atom. The van der Waals surface area contributed by atoms with Crippen LogP contribution in [-0.2, 0) is 0 Å². The SMILES string of the molecule is c1ccc2cc(C3CN4CCC3C4)ncc2c1. The Balaban J connectivity index is 1.76. The van der Waals surface area contributed by atoms with Gasteiger partial charge in [0.25, 0.3) is 0 Å². The van der Waals surface area contributed by atoms with Gasteiger partial charge in [-0.1, -0.05) is 24.3 Å². The van der Waals surface area contributed by atoms with Crippen molar-refractivity contribution >= 4 is 10.8 Å². The molecule has 2 aromatic rings. The smallest absolute Gasteiger partial charge is 0.0457 e. The number of rotatable bonds is 1. The van der Waals surface area contributed by atoms with Gasteiger partial charge in [0.2, 0.25) is 0 Å². The van der Waals surface area contributed by atoms with Crippen LogP contribution < -0.4 is 0 Å². The molecular formula is C15H16N2. The van der Waals surface area contributed by atoms with Gasteiger partial charge >= 0.3 is 0 Å². The first-order valence-corrected chi connectivity index (χ1v) is 6.47. The van der Waals surface area contributed by atoms with Gasteiger partial charge in [-0.3, -0.25) is 4.98 Å². The standard InChI is InChI=1S/C15H16N2/c1-2-4-12-8-16-15(7-11(12)3-1)14-10-17-6-5-13(14)9-17/h1-4,7-8,13-14H,5-6,9-10H2.